The van der Waals surface area contributed by atoms with Crippen molar-refractivity contribution in [3.05, 3.63) is 35.4 Å². The Kier molecular flexibility index (Phi) is 7.95. The van der Waals surface area contributed by atoms with Crippen LogP contribution in [0.1, 0.15) is 52.5 Å². The Morgan fingerprint density at radius 2 is 1.88 bits per heavy atom. The third kappa shape index (κ3) is 6.11. The lowest BCUT2D eigenvalue weighted by atomic mass is 9.86. The second-order valence-corrected chi connectivity index (χ2v) is 10.7. The van der Waals surface area contributed by atoms with Crippen molar-refractivity contribution in [2.45, 2.75) is 59.0 Å². The molecule has 2 fully saturated rings. The number of benzene rings is 1. The van der Waals surface area contributed by atoms with Crippen LogP contribution >= 0.6 is 0 Å². The van der Waals surface area contributed by atoms with Crippen LogP contribution in [0.3, 0.4) is 0 Å². The van der Waals surface area contributed by atoms with E-state index in [1.807, 2.05) is 27.7 Å². The van der Waals surface area contributed by atoms with Gasteiger partial charge in [-0.2, -0.15) is 0 Å². The van der Waals surface area contributed by atoms with Gasteiger partial charge in [0.15, 0.2) is 0 Å². The Bertz CT molecular complexity index is 933. The maximum Gasteiger partial charge on any atom is 0.245 e. The van der Waals surface area contributed by atoms with Crippen LogP contribution in [0.25, 0.3) is 0 Å². The SMILES string of the molecule is CC(=O)N[C@@H](CC(C)(C)C)C(=O)N1CCN(C(=O)[C@@H]2CNC[C@H]2c2ccc(F)cc2F)[C@@H](C)C1. The highest BCUT2D eigenvalue weighted by Crippen LogP contribution is 2.32. The fraction of sp³-hybridized carbons (Fsp3) is 0.640. The summed E-state index contributed by atoms with van der Waals surface area (Å²) in [4.78, 5) is 41.8. The molecule has 0 aromatic heterocycles. The smallest absolute Gasteiger partial charge is 0.245 e. The summed E-state index contributed by atoms with van der Waals surface area (Å²) in [6, 6.07) is 2.65. The van der Waals surface area contributed by atoms with E-state index in [2.05, 4.69) is 10.6 Å². The summed E-state index contributed by atoms with van der Waals surface area (Å²) in [5, 5.41) is 5.95. The maximum absolute atomic E-state index is 14.4. The lowest BCUT2D eigenvalue weighted by Crippen LogP contribution is -2.60. The van der Waals surface area contributed by atoms with Crippen molar-refractivity contribution < 1.29 is 23.2 Å². The fourth-order valence-corrected chi connectivity index (χ4v) is 5.04. The first-order valence-corrected chi connectivity index (χ1v) is 11.9. The van der Waals surface area contributed by atoms with E-state index in [0.717, 1.165) is 6.07 Å². The van der Waals surface area contributed by atoms with Gasteiger partial charge in [-0.3, -0.25) is 14.4 Å². The molecule has 0 aliphatic carbocycles. The lowest BCUT2D eigenvalue weighted by Gasteiger charge is -2.42. The van der Waals surface area contributed by atoms with Crippen LogP contribution in [0.5, 0.6) is 0 Å². The quantitative estimate of drug-likeness (QED) is 0.680. The zero-order chi connectivity index (χ0) is 25.2. The molecular weight excluding hydrogens is 442 g/mol. The molecule has 0 radical (unpaired) electrons. The number of carbonyl (C=O) groups excluding carboxylic acids is 3. The second kappa shape index (κ2) is 10.4. The first kappa shape index (κ1) is 26.1. The molecule has 3 amide bonds. The Morgan fingerprint density at radius 1 is 1.18 bits per heavy atom. The highest BCUT2D eigenvalue weighted by Gasteiger charge is 2.41. The largest absolute Gasteiger partial charge is 0.345 e. The van der Waals surface area contributed by atoms with Crippen LogP contribution in [0, 0.1) is 23.0 Å². The number of piperazine rings is 1. The summed E-state index contributed by atoms with van der Waals surface area (Å²) in [6.07, 6.45) is 0.512. The van der Waals surface area contributed by atoms with Gasteiger partial charge in [-0.05, 0) is 30.4 Å². The van der Waals surface area contributed by atoms with Crippen molar-refractivity contribution in [2.24, 2.45) is 11.3 Å². The number of nitrogens with one attached hydrogen (secondary N) is 2. The van der Waals surface area contributed by atoms with Crippen LogP contribution in [-0.4, -0.2) is 72.3 Å². The molecule has 2 saturated heterocycles. The average Bonchev–Trinajstić information content (AvgIpc) is 3.20. The predicted octanol–water partition coefficient (Wildman–Crippen LogP) is 2.27. The van der Waals surface area contributed by atoms with Crippen molar-refractivity contribution >= 4 is 17.7 Å². The third-order valence-corrected chi connectivity index (χ3v) is 6.61. The molecule has 0 saturated carbocycles. The van der Waals surface area contributed by atoms with Crippen molar-refractivity contribution in [1.82, 2.24) is 20.4 Å². The predicted molar refractivity (Wildman–Crippen MR) is 125 cm³/mol. The van der Waals surface area contributed by atoms with Gasteiger partial charge in [0, 0.05) is 57.7 Å². The van der Waals surface area contributed by atoms with Crippen molar-refractivity contribution in [3.8, 4) is 0 Å². The zero-order valence-electron chi connectivity index (χ0n) is 20.7. The van der Waals surface area contributed by atoms with Gasteiger partial charge in [-0.15, -0.1) is 0 Å². The molecule has 1 aromatic rings. The normalized spacial score (nSPS) is 24.1. The molecule has 34 heavy (non-hydrogen) atoms. The standard InChI is InChI=1S/C25H36F2N4O3/c1-15-14-30(24(34)22(29-16(2)32)11-25(3,4)5)8-9-31(15)23(33)20-13-28-12-19(20)18-7-6-17(26)10-21(18)27/h6-7,10,15,19-20,22,28H,8-9,11-14H2,1-5H3,(H,29,32)/t15-,19-,20+,22-/m0/s1. The highest BCUT2D eigenvalue weighted by molar-refractivity contribution is 5.87. The van der Waals surface area contributed by atoms with Crippen LogP contribution in [-0.2, 0) is 14.4 Å². The molecule has 1 aromatic carbocycles. The molecule has 2 heterocycles. The molecule has 0 bridgehead atoms. The molecule has 0 unspecified atom stereocenters. The minimum absolute atomic E-state index is 0.0913. The number of amides is 3. The van der Waals surface area contributed by atoms with Gasteiger partial charge in [0.05, 0.1) is 5.92 Å². The Morgan fingerprint density at radius 3 is 2.47 bits per heavy atom. The Labute approximate surface area is 200 Å². The van der Waals surface area contributed by atoms with E-state index < -0.39 is 23.6 Å². The van der Waals surface area contributed by atoms with E-state index in [1.54, 1.807) is 9.80 Å². The molecular formula is C25H36F2N4O3. The number of halogens is 2. The molecule has 4 atom stereocenters. The number of hydrogen-bond donors (Lipinski definition) is 2. The number of rotatable bonds is 5. The minimum atomic E-state index is -0.645. The van der Waals surface area contributed by atoms with Gasteiger partial charge < -0.3 is 20.4 Å². The summed E-state index contributed by atoms with van der Waals surface area (Å²) in [7, 11) is 0. The molecule has 9 heteroatoms. The topological polar surface area (TPSA) is 81.8 Å². The monoisotopic (exact) mass is 478 g/mol. The van der Waals surface area contributed by atoms with Crippen LogP contribution < -0.4 is 10.6 Å². The molecule has 2 aliphatic heterocycles. The summed E-state index contributed by atoms with van der Waals surface area (Å²) >= 11 is 0. The summed E-state index contributed by atoms with van der Waals surface area (Å²) in [6.45, 7) is 11.3. The van der Waals surface area contributed by atoms with E-state index in [4.69, 9.17) is 0 Å². The van der Waals surface area contributed by atoms with E-state index in [0.29, 0.717) is 44.7 Å². The molecule has 7 nitrogen and oxygen atoms in total. The first-order chi connectivity index (χ1) is 15.9. The summed E-state index contributed by atoms with van der Waals surface area (Å²) in [5.74, 6) is -2.61. The number of hydrogen-bond acceptors (Lipinski definition) is 4. The number of nitrogens with zero attached hydrogens (tertiary/aromatic N) is 2. The highest BCUT2D eigenvalue weighted by atomic mass is 19.1. The average molecular weight is 479 g/mol. The van der Waals surface area contributed by atoms with Gasteiger partial charge in [0.2, 0.25) is 17.7 Å². The minimum Gasteiger partial charge on any atom is -0.345 e. The van der Waals surface area contributed by atoms with E-state index >= 15 is 0 Å². The lowest BCUT2D eigenvalue weighted by molar-refractivity contribution is -0.146. The van der Waals surface area contributed by atoms with Crippen molar-refractivity contribution in [1.29, 1.82) is 0 Å². The molecule has 3 rings (SSSR count). The van der Waals surface area contributed by atoms with Crippen molar-refractivity contribution in [3.63, 3.8) is 0 Å². The maximum atomic E-state index is 14.4. The zero-order valence-corrected chi connectivity index (χ0v) is 20.7. The van der Waals surface area contributed by atoms with Gasteiger partial charge >= 0.3 is 0 Å². The van der Waals surface area contributed by atoms with E-state index in [9.17, 15) is 23.2 Å². The van der Waals surface area contributed by atoms with E-state index in [1.165, 1.54) is 19.1 Å². The Balaban J connectivity index is 1.69. The molecule has 0 spiro atoms. The Hall–Kier alpha value is -2.55. The van der Waals surface area contributed by atoms with Gasteiger partial charge in [-0.1, -0.05) is 26.8 Å². The third-order valence-electron chi connectivity index (χ3n) is 6.61. The molecule has 188 valence electrons. The van der Waals surface area contributed by atoms with Crippen LogP contribution in [0.4, 0.5) is 8.78 Å². The second-order valence-electron chi connectivity index (χ2n) is 10.7. The summed E-state index contributed by atoms with van der Waals surface area (Å²) in [5.41, 5.74) is 0.193. The van der Waals surface area contributed by atoms with Gasteiger partial charge in [-0.25, -0.2) is 8.78 Å². The first-order valence-electron chi connectivity index (χ1n) is 11.9. The molecule has 2 N–H and O–H groups in total. The van der Waals surface area contributed by atoms with Gasteiger partial charge in [0.1, 0.15) is 17.7 Å². The summed E-state index contributed by atoms with van der Waals surface area (Å²) < 4.78 is 27.8. The number of carbonyl (C=O) groups is 3. The van der Waals surface area contributed by atoms with Gasteiger partial charge in [0.25, 0.3) is 0 Å². The molecule has 2 aliphatic rings. The van der Waals surface area contributed by atoms with E-state index in [-0.39, 0.29) is 35.1 Å². The van der Waals surface area contributed by atoms with Crippen LogP contribution in [0.15, 0.2) is 18.2 Å². The fourth-order valence-electron chi connectivity index (χ4n) is 5.04. The van der Waals surface area contributed by atoms with Crippen LogP contribution in [0.2, 0.25) is 0 Å². The van der Waals surface area contributed by atoms with Crippen molar-refractivity contribution in [2.75, 3.05) is 32.7 Å².